The van der Waals surface area contributed by atoms with Crippen molar-refractivity contribution in [2.24, 2.45) is 0 Å². The van der Waals surface area contributed by atoms with Crippen molar-refractivity contribution in [3.05, 3.63) is 41.2 Å². The van der Waals surface area contributed by atoms with Gasteiger partial charge in [0.2, 0.25) is 5.91 Å². The molecule has 0 aromatic heterocycles. The lowest BCUT2D eigenvalue weighted by molar-refractivity contribution is -0.131. The number of carboxylic acids is 1. The van der Waals surface area contributed by atoms with Crippen molar-refractivity contribution in [3.8, 4) is 0 Å². The lowest BCUT2D eigenvalue weighted by Gasteiger charge is -2.11. The number of carbonyl (C=O) groups excluding carboxylic acids is 2. The molecule has 1 unspecified atom stereocenters. The summed E-state index contributed by atoms with van der Waals surface area (Å²) in [4.78, 5) is 33.5. The molecule has 110 valence electrons. The molecule has 21 heavy (non-hydrogen) atoms. The van der Waals surface area contributed by atoms with Crippen LogP contribution in [0, 0.1) is 5.82 Å². The largest absolute Gasteiger partial charge is 0.478 e. The highest BCUT2D eigenvalue weighted by Gasteiger charge is 2.24. The summed E-state index contributed by atoms with van der Waals surface area (Å²) in [6, 6.07) is 3.34. The van der Waals surface area contributed by atoms with Gasteiger partial charge in [-0.25, -0.2) is 9.18 Å². The summed E-state index contributed by atoms with van der Waals surface area (Å²) in [5, 5.41) is 13.7. The van der Waals surface area contributed by atoms with Gasteiger partial charge >= 0.3 is 5.97 Å². The summed E-state index contributed by atoms with van der Waals surface area (Å²) in [6.45, 7) is 0.310. The van der Waals surface area contributed by atoms with Gasteiger partial charge in [0, 0.05) is 19.0 Å². The van der Waals surface area contributed by atoms with Crippen LogP contribution in [0.15, 0.2) is 24.3 Å². The number of halogens is 1. The molecule has 0 saturated carbocycles. The lowest BCUT2D eigenvalue weighted by atomic mass is 10.1. The van der Waals surface area contributed by atoms with E-state index in [-0.39, 0.29) is 23.9 Å². The quantitative estimate of drug-likeness (QED) is 0.706. The molecule has 1 aromatic rings. The Morgan fingerprint density at radius 1 is 1.43 bits per heavy atom. The van der Waals surface area contributed by atoms with Crippen LogP contribution in [0.25, 0.3) is 6.08 Å². The molecule has 2 amide bonds. The van der Waals surface area contributed by atoms with Crippen molar-refractivity contribution in [1.29, 1.82) is 0 Å². The molecule has 1 aromatic carbocycles. The van der Waals surface area contributed by atoms with Gasteiger partial charge in [-0.1, -0.05) is 6.07 Å². The van der Waals surface area contributed by atoms with E-state index in [0.29, 0.717) is 12.1 Å². The number of carboxylic acid groups (broad SMARTS) is 1. The molecule has 2 rings (SSSR count). The van der Waals surface area contributed by atoms with E-state index >= 15 is 0 Å². The van der Waals surface area contributed by atoms with E-state index in [1.165, 1.54) is 18.2 Å². The molecule has 0 aliphatic carbocycles. The first-order valence-corrected chi connectivity index (χ1v) is 6.24. The number of hydrogen-bond acceptors (Lipinski definition) is 3. The predicted octanol–water partition coefficient (Wildman–Crippen LogP) is 0.542. The maximum atomic E-state index is 13.7. The second kappa shape index (κ2) is 6.17. The molecule has 0 bridgehead atoms. The molecular formula is C14H13FN2O4. The predicted molar refractivity (Wildman–Crippen MR) is 72.0 cm³/mol. The van der Waals surface area contributed by atoms with Gasteiger partial charge in [-0.15, -0.1) is 0 Å². The Bertz CT molecular complexity index is 627. The highest BCUT2D eigenvalue weighted by Crippen LogP contribution is 2.13. The third kappa shape index (κ3) is 3.88. The Kier molecular flexibility index (Phi) is 4.32. The number of aliphatic carboxylic acids is 1. The molecule has 7 heteroatoms. The number of nitrogens with one attached hydrogen (secondary N) is 2. The van der Waals surface area contributed by atoms with Gasteiger partial charge in [0.1, 0.15) is 5.82 Å². The molecule has 1 aliphatic heterocycles. The van der Waals surface area contributed by atoms with E-state index in [1.807, 2.05) is 0 Å². The summed E-state index contributed by atoms with van der Waals surface area (Å²) in [5.41, 5.74) is 0.200. The summed E-state index contributed by atoms with van der Waals surface area (Å²) in [5.74, 6) is -2.66. The zero-order chi connectivity index (χ0) is 15.4. The van der Waals surface area contributed by atoms with Crippen LogP contribution < -0.4 is 10.6 Å². The van der Waals surface area contributed by atoms with Crippen LogP contribution in [-0.4, -0.2) is 35.5 Å². The number of rotatable bonds is 4. The fourth-order valence-corrected chi connectivity index (χ4v) is 1.96. The maximum absolute atomic E-state index is 13.7. The standard InChI is InChI=1S/C14H13FN2O4/c15-11-3-1-8(2-4-13(19)20)5-10(11)14(21)17-9-6-12(18)16-7-9/h1-5,9H,6-7H2,(H,16,18)(H,17,21)(H,19,20)/b4-2+. The monoisotopic (exact) mass is 292 g/mol. The first-order chi connectivity index (χ1) is 9.95. The third-order valence-electron chi connectivity index (χ3n) is 2.97. The van der Waals surface area contributed by atoms with Crippen LogP contribution in [0.1, 0.15) is 22.3 Å². The Morgan fingerprint density at radius 2 is 2.19 bits per heavy atom. The lowest BCUT2D eigenvalue weighted by Crippen LogP contribution is -2.36. The zero-order valence-electron chi connectivity index (χ0n) is 10.9. The minimum absolute atomic E-state index is 0.159. The number of benzene rings is 1. The Labute approximate surface area is 119 Å². The summed E-state index contributed by atoms with van der Waals surface area (Å²) >= 11 is 0. The minimum atomic E-state index is -1.14. The molecule has 3 N–H and O–H groups in total. The molecule has 1 fully saturated rings. The van der Waals surface area contributed by atoms with Crippen molar-refractivity contribution < 1.29 is 23.9 Å². The van der Waals surface area contributed by atoms with Crippen LogP contribution in [0.5, 0.6) is 0 Å². The van der Waals surface area contributed by atoms with Crippen molar-refractivity contribution in [2.75, 3.05) is 6.54 Å². The highest BCUT2D eigenvalue weighted by molar-refractivity contribution is 5.96. The van der Waals surface area contributed by atoms with Crippen LogP contribution in [-0.2, 0) is 9.59 Å². The van der Waals surface area contributed by atoms with E-state index in [1.54, 1.807) is 0 Å². The molecule has 0 spiro atoms. The molecule has 1 atom stereocenters. The van der Waals surface area contributed by atoms with Gasteiger partial charge in [0.15, 0.2) is 0 Å². The average Bonchev–Trinajstić information content (AvgIpc) is 2.83. The van der Waals surface area contributed by atoms with Crippen molar-refractivity contribution in [3.63, 3.8) is 0 Å². The molecule has 1 heterocycles. The van der Waals surface area contributed by atoms with E-state index in [9.17, 15) is 18.8 Å². The summed E-state index contributed by atoms with van der Waals surface area (Å²) in [7, 11) is 0. The molecule has 1 saturated heterocycles. The molecule has 6 nitrogen and oxygen atoms in total. The zero-order valence-corrected chi connectivity index (χ0v) is 10.9. The van der Waals surface area contributed by atoms with E-state index in [2.05, 4.69) is 10.6 Å². The van der Waals surface area contributed by atoms with Crippen LogP contribution >= 0.6 is 0 Å². The van der Waals surface area contributed by atoms with Gasteiger partial charge in [-0.3, -0.25) is 9.59 Å². The number of hydrogen-bond donors (Lipinski definition) is 3. The van der Waals surface area contributed by atoms with E-state index < -0.39 is 17.7 Å². The summed E-state index contributed by atoms with van der Waals surface area (Å²) < 4.78 is 13.7. The molecular weight excluding hydrogens is 279 g/mol. The second-order valence-electron chi connectivity index (χ2n) is 4.59. The second-order valence-corrected chi connectivity index (χ2v) is 4.59. The van der Waals surface area contributed by atoms with E-state index in [4.69, 9.17) is 5.11 Å². The summed E-state index contributed by atoms with van der Waals surface area (Å²) in [6.07, 6.45) is 2.32. The van der Waals surface area contributed by atoms with Gasteiger partial charge in [0.25, 0.3) is 5.91 Å². The SMILES string of the molecule is O=C(O)/C=C/c1ccc(F)c(C(=O)NC2CNC(=O)C2)c1. The minimum Gasteiger partial charge on any atom is -0.478 e. The maximum Gasteiger partial charge on any atom is 0.328 e. The first-order valence-electron chi connectivity index (χ1n) is 6.24. The Balaban J connectivity index is 2.14. The normalized spacial score (nSPS) is 17.8. The fraction of sp³-hybridized carbons (Fsp3) is 0.214. The van der Waals surface area contributed by atoms with Crippen molar-refractivity contribution in [2.45, 2.75) is 12.5 Å². The highest BCUT2D eigenvalue weighted by atomic mass is 19.1. The van der Waals surface area contributed by atoms with Gasteiger partial charge in [-0.05, 0) is 23.8 Å². The van der Waals surface area contributed by atoms with Gasteiger partial charge in [0.05, 0.1) is 11.6 Å². The smallest absolute Gasteiger partial charge is 0.328 e. The Morgan fingerprint density at radius 3 is 2.81 bits per heavy atom. The van der Waals surface area contributed by atoms with Crippen molar-refractivity contribution in [1.82, 2.24) is 10.6 Å². The molecule has 0 radical (unpaired) electrons. The third-order valence-corrected chi connectivity index (χ3v) is 2.97. The first kappa shape index (κ1) is 14.7. The van der Waals surface area contributed by atoms with Gasteiger partial charge < -0.3 is 15.7 Å². The number of carbonyl (C=O) groups is 3. The van der Waals surface area contributed by atoms with Crippen molar-refractivity contribution >= 4 is 23.9 Å². The van der Waals surface area contributed by atoms with Crippen LogP contribution in [0.2, 0.25) is 0 Å². The van der Waals surface area contributed by atoms with E-state index in [0.717, 1.165) is 12.1 Å². The average molecular weight is 292 g/mol. The van der Waals surface area contributed by atoms with Gasteiger partial charge in [-0.2, -0.15) is 0 Å². The Hall–Kier alpha value is -2.70. The van der Waals surface area contributed by atoms with Crippen LogP contribution in [0.3, 0.4) is 0 Å². The topological polar surface area (TPSA) is 95.5 Å². The number of amides is 2. The fourth-order valence-electron chi connectivity index (χ4n) is 1.96. The van der Waals surface area contributed by atoms with Crippen LogP contribution in [0.4, 0.5) is 4.39 Å². The molecule has 1 aliphatic rings.